The predicted octanol–water partition coefficient (Wildman–Crippen LogP) is -6.32. The SMILES string of the molecule is O=S(=O)([O-])CCCCOCCOCCCCS(=O)(=O)[O-].[Na+].[Na+]. The van der Waals surface area contributed by atoms with Crippen LogP contribution in [-0.4, -0.2) is 63.9 Å². The first kappa shape index (κ1) is 28.5. The van der Waals surface area contributed by atoms with Crippen LogP contribution in [-0.2, 0) is 29.7 Å². The standard InChI is InChI=1S/C10H22O8S2.2Na/c11-19(12,13)9-3-1-5-17-7-8-18-6-2-4-10-20(14,15)16;;/h1-10H2,(H,11,12,13)(H,14,15,16);;/q;2*+1/p-2. The van der Waals surface area contributed by atoms with Gasteiger partial charge in [0.15, 0.2) is 0 Å². The van der Waals surface area contributed by atoms with Crippen LogP contribution in [0.15, 0.2) is 0 Å². The van der Waals surface area contributed by atoms with E-state index in [0.717, 1.165) is 0 Å². The molecule has 0 aromatic heterocycles. The molecule has 0 saturated carbocycles. The van der Waals surface area contributed by atoms with Gasteiger partial charge in [0.1, 0.15) is 0 Å². The van der Waals surface area contributed by atoms with Crippen LogP contribution in [0, 0.1) is 0 Å². The number of ether oxygens (including phenoxy) is 2. The minimum absolute atomic E-state index is 0. The second-order valence-corrected chi connectivity index (χ2v) is 7.21. The van der Waals surface area contributed by atoms with Crippen LogP contribution in [0.3, 0.4) is 0 Å². The van der Waals surface area contributed by atoms with Gasteiger partial charge in [0.05, 0.1) is 33.5 Å². The van der Waals surface area contributed by atoms with Crippen LogP contribution < -0.4 is 59.1 Å². The van der Waals surface area contributed by atoms with Crippen molar-refractivity contribution in [3.8, 4) is 0 Å². The average molecular weight is 378 g/mol. The minimum atomic E-state index is -4.14. The van der Waals surface area contributed by atoms with E-state index in [0.29, 0.717) is 39.3 Å². The van der Waals surface area contributed by atoms with Crippen LogP contribution in [0.2, 0.25) is 0 Å². The maximum Gasteiger partial charge on any atom is 1.00 e. The van der Waals surface area contributed by atoms with Crippen LogP contribution in [0.4, 0.5) is 0 Å². The molecular weight excluding hydrogens is 358 g/mol. The molecule has 0 radical (unpaired) electrons. The molecule has 122 valence electrons. The normalized spacial score (nSPS) is 11.5. The summed E-state index contributed by atoms with van der Waals surface area (Å²) in [7, 11) is -8.28. The first-order valence-corrected chi connectivity index (χ1v) is 9.39. The van der Waals surface area contributed by atoms with Gasteiger partial charge in [-0.15, -0.1) is 0 Å². The van der Waals surface area contributed by atoms with E-state index in [2.05, 4.69) is 0 Å². The zero-order chi connectivity index (χ0) is 15.5. The second kappa shape index (κ2) is 16.2. The Labute approximate surface area is 176 Å². The molecular formula is C10H20Na2O8S2. The van der Waals surface area contributed by atoms with E-state index in [4.69, 9.17) is 9.47 Å². The average Bonchev–Trinajstić information content (AvgIpc) is 2.27. The van der Waals surface area contributed by atoms with E-state index in [1.807, 2.05) is 0 Å². The second-order valence-electron chi connectivity index (χ2n) is 4.16. The van der Waals surface area contributed by atoms with E-state index in [9.17, 15) is 25.9 Å². The molecule has 0 heterocycles. The zero-order valence-corrected chi connectivity index (χ0v) is 18.8. The Morgan fingerprint density at radius 1 is 0.591 bits per heavy atom. The van der Waals surface area contributed by atoms with Gasteiger partial charge in [0, 0.05) is 24.7 Å². The van der Waals surface area contributed by atoms with Crippen molar-refractivity contribution in [2.75, 3.05) is 37.9 Å². The van der Waals surface area contributed by atoms with Crippen molar-refractivity contribution < 1.29 is 94.5 Å². The Balaban J connectivity index is -0.00000180. The van der Waals surface area contributed by atoms with Crippen LogP contribution >= 0.6 is 0 Å². The molecule has 0 aliphatic carbocycles. The first-order chi connectivity index (χ1) is 9.21. The summed E-state index contributed by atoms with van der Waals surface area (Å²) in [6.45, 7) is 1.38. The Bertz CT molecular complexity index is 396. The third-order valence-electron chi connectivity index (χ3n) is 2.24. The monoisotopic (exact) mass is 378 g/mol. The molecule has 0 atom stereocenters. The summed E-state index contributed by atoms with van der Waals surface area (Å²) in [5.41, 5.74) is 0. The maximum absolute atomic E-state index is 10.3. The Hall–Kier alpha value is 1.74. The molecule has 0 N–H and O–H groups in total. The van der Waals surface area contributed by atoms with Crippen molar-refractivity contribution in [1.29, 1.82) is 0 Å². The van der Waals surface area contributed by atoms with Gasteiger partial charge in [-0.1, -0.05) is 0 Å². The summed E-state index contributed by atoms with van der Waals surface area (Å²) < 4.78 is 72.0. The van der Waals surface area contributed by atoms with Crippen molar-refractivity contribution in [3.63, 3.8) is 0 Å². The summed E-state index contributed by atoms with van der Waals surface area (Å²) in [5.74, 6) is -0.759. The third kappa shape index (κ3) is 26.6. The van der Waals surface area contributed by atoms with E-state index in [1.165, 1.54) is 0 Å². The molecule has 0 fully saturated rings. The summed E-state index contributed by atoms with van der Waals surface area (Å²) in [4.78, 5) is 0. The largest absolute Gasteiger partial charge is 1.00 e. The van der Waals surface area contributed by atoms with Gasteiger partial charge in [-0.3, -0.25) is 0 Å². The van der Waals surface area contributed by atoms with Crippen molar-refractivity contribution in [2.45, 2.75) is 25.7 Å². The van der Waals surface area contributed by atoms with Gasteiger partial charge < -0.3 is 18.6 Å². The van der Waals surface area contributed by atoms with Crippen LogP contribution in [0.1, 0.15) is 25.7 Å². The molecule has 0 aliphatic heterocycles. The topological polar surface area (TPSA) is 133 Å². The molecule has 0 spiro atoms. The summed E-state index contributed by atoms with van der Waals surface area (Å²) in [6.07, 6.45) is 1.53. The molecule has 0 bridgehead atoms. The molecule has 0 aromatic carbocycles. The molecule has 12 heteroatoms. The molecule has 0 aliphatic rings. The molecule has 0 unspecified atom stereocenters. The Kier molecular flexibility index (Phi) is 21.0. The Morgan fingerprint density at radius 2 is 0.909 bits per heavy atom. The number of rotatable bonds is 13. The van der Waals surface area contributed by atoms with Crippen molar-refractivity contribution in [3.05, 3.63) is 0 Å². The van der Waals surface area contributed by atoms with Gasteiger partial charge >= 0.3 is 59.1 Å². The first-order valence-electron chi connectivity index (χ1n) is 6.23. The summed E-state index contributed by atoms with van der Waals surface area (Å²) >= 11 is 0. The fraction of sp³-hybridized carbons (Fsp3) is 1.00. The van der Waals surface area contributed by atoms with E-state index >= 15 is 0 Å². The fourth-order valence-corrected chi connectivity index (χ4v) is 2.40. The van der Waals surface area contributed by atoms with Gasteiger partial charge in [-0.05, 0) is 25.7 Å². The van der Waals surface area contributed by atoms with E-state index in [-0.39, 0.29) is 83.5 Å². The van der Waals surface area contributed by atoms with Gasteiger partial charge in [0.2, 0.25) is 0 Å². The van der Waals surface area contributed by atoms with Gasteiger partial charge in [0.25, 0.3) is 0 Å². The van der Waals surface area contributed by atoms with Crippen molar-refractivity contribution in [2.24, 2.45) is 0 Å². The molecule has 0 saturated heterocycles. The van der Waals surface area contributed by atoms with Crippen molar-refractivity contribution in [1.82, 2.24) is 0 Å². The van der Waals surface area contributed by atoms with E-state index < -0.39 is 20.2 Å². The molecule has 22 heavy (non-hydrogen) atoms. The predicted molar refractivity (Wildman–Crippen MR) is 69.2 cm³/mol. The smallest absolute Gasteiger partial charge is 0.748 e. The zero-order valence-electron chi connectivity index (χ0n) is 13.2. The molecule has 0 aromatic rings. The van der Waals surface area contributed by atoms with Gasteiger partial charge in [-0.2, -0.15) is 0 Å². The molecule has 0 rings (SSSR count). The van der Waals surface area contributed by atoms with Gasteiger partial charge in [-0.25, -0.2) is 16.8 Å². The van der Waals surface area contributed by atoms with Crippen LogP contribution in [0.25, 0.3) is 0 Å². The maximum atomic E-state index is 10.3. The summed E-state index contributed by atoms with van der Waals surface area (Å²) in [5, 5.41) is 0. The van der Waals surface area contributed by atoms with Crippen LogP contribution in [0.5, 0.6) is 0 Å². The number of unbranched alkanes of at least 4 members (excludes halogenated alkanes) is 2. The summed E-state index contributed by atoms with van der Waals surface area (Å²) in [6, 6.07) is 0. The quantitative estimate of drug-likeness (QED) is 0.176. The fourth-order valence-electron chi connectivity index (χ4n) is 1.29. The van der Waals surface area contributed by atoms with E-state index in [1.54, 1.807) is 0 Å². The minimum Gasteiger partial charge on any atom is -0.748 e. The molecule has 0 amide bonds. The molecule has 8 nitrogen and oxygen atoms in total. The Morgan fingerprint density at radius 3 is 1.18 bits per heavy atom. The number of hydrogen-bond acceptors (Lipinski definition) is 8. The van der Waals surface area contributed by atoms with Crippen molar-refractivity contribution >= 4 is 20.2 Å². The third-order valence-corrected chi connectivity index (χ3v) is 3.82. The number of hydrogen-bond donors (Lipinski definition) is 0.